The van der Waals surface area contributed by atoms with Crippen molar-refractivity contribution in [1.29, 1.82) is 0 Å². The van der Waals surface area contributed by atoms with Crippen molar-refractivity contribution in [2.24, 2.45) is 17.8 Å². The second kappa shape index (κ2) is 10.8. The summed E-state index contributed by atoms with van der Waals surface area (Å²) >= 11 is 0. The summed E-state index contributed by atoms with van der Waals surface area (Å²) in [4.78, 5) is 0. The SMILES string of the molecule is CCCc1ccc(OCc2ccc(C3CCC4CC(CCC)CCC4C3)cc2)c(F)c1F. The van der Waals surface area contributed by atoms with Crippen LogP contribution in [0.2, 0.25) is 0 Å². The number of rotatable bonds is 8. The van der Waals surface area contributed by atoms with Gasteiger partial charge in [-0.1, -0.05) is 69.9 Å². The van der Waals surface area contributed by atoms with Gasteiger partial charge in [-0.2, -0.15) is 4.39 Å². The molecule has 0 aromatic heterocycles. The Labute approximate surface area is 192 Å². The molecule has 0 bridgehead atoms. The minimum atomic E-state index is -0.877. The fraction of sp³-hybridized carbons (Fsp3) is 0.586. The monoisotopic (exact) mass is 440 g/mol. The lowest BCUT2D eigenvalue weighted by molar-refractivity contribution is 0.114. The van der Waals surface area contributed by atoms with E-state index in [4.69, 9.17) is 4.74 Å². The van der Waals surface area contributed by atoms with Crippen LogP contribution in [0.25, 0.3) is 0 Å². The molecule has 0 heterocycles. The van der Waals surface area contributed by atoms with Crippen LogP contribution in [0.1, 0.15) is 94.2 Å². The molecule has 2 aliphatic carbocycles. The number of hydrogen-bond donors (Lipinski definition) is 0. The summed E-state index contributed by atoms with van der Waals surface area (Å²) in [5, 5.41) is 0. The van der Waals surface area contributed by atoms with Crippen LogP contribution in [-0.4, -0.2) is 0 Å². The fourth-order valence-electron chi connectivity index (χ4n) is 6.15. The molecule has 0 N–H and O–H groups in total. The van der Waals surface area contributed by atoms with E-state index in [2.05, 4.69) is 31.2 Å². The Kier molecular flexibility index (Phi) is 7.86. The van der Waals surface area contributed by atoms with E-state index in [9.17, 15) is 8.78 Å². The molecule has 1 nitrogen and oxygen atoms in total. The van der Waals surface area contributed by atoms with E-state index >= 15 is 0 Å². The molecule has 3 heteroatoms. The quantitative estimate of drug-likeness (QED) is 0.399. The third-order valence-electron chi connectivity index (χ3n) is 7.91. The van der Waals surface area contributed by atoms with E-state index in [0.717, 1.165) is 29.7 Å². The average molecular weight is 441 g/mol. The van der Waals surface area contributed by atoms with Gasteiger partial charge in [0.15, 0.2) is 11.6 Å². The second-order valence-electron chi connectivity index (χ2n) is 10.1. The smallest absolute Gasteiger partial charge is 0.200 e. The first-order valence-corrected chi connectivity index (χ1v) is 12.8. The molecule has 0 aliphatic heterocycles. The van der Waals surface area contributed by atoms with E-state index in [1.807, 2.05) is 6.92 Å². The van der Waals surface area contributed by atoms with Gasteiger partial charge in [0.1, 0.15) is 6.61 Å². The third kappa shape index (κ3) is 5.35. The molecule has 4 atom stereocenters. The topological polar surface area (TPSA) is 9.23 Å². The molecular formula is C29H38F2O. The maximum absolute atomic E-state index is 14.3. The minimum absolute atomic E-state index is 0.0107. The van der Waals surface area contributed by atoms with Crippen molar-refractivity contribution < 1.29 is 13.5 Å². The lowest BCUT2D eigenvalue weighted by atomic mass is 9.63. The van der Waals surface area contributed by atoms with Crippen molar-refractivity contribution in [2.75, 3.05) is 0 Å². The van der Waals surface area contributed by atoms with Gasteiger partial charge in [-0.25, -0.2) is 4.39 Å². The van der Waals surface area contributed by atoms with Gasteiger partial charge in [0.05, 0.1) is 0 Å². The molecule has 174 valence electrons. The van der Waals surface area contributed by atoms with Crippen LogP contribution in [0.15, 0.2) is 36.4 Å². The summed E-state index contributed by atoms with van der Waals surface area (Å²) in [6.07, 6.45) is 12.3. The lowest BCUT2D eigenvalue weighted by Gasteiger charge is -2.42. The summed E-state index contributed by atoms with van der Waals surface area (Å²) in [7, 11) is 0. The molecule has 0 spiro atoms. The molecule has 2 aromatic rings. The Morgan fingerprint density at radius 1 is 0.812 bits per heavy atom. The minimum Gasteiger partial charge on any atom is -0.486 e. The molecule has 4 rings (SSSR count). The maximum Gasteiger partial charge on any atom is 0.200 e. The van der Waals surface area contributed by atoms with Crippen molar-refractivity contribution in [3.05, 3.63) is 64.7 Å². The number of fused-ring (bicyclic) bond motifs is 1. The van der Waals surface area contributed by atoms with E-state index in [1.165, 1.54) is 56.9 Å². The van der Waals surface area contributed by atoms with Crippen LogP contribution in [0.3, 0.4) is 0 Å². The Morgan fingerprint density at radius 2 is 1.56 bits per heavy atom. The Morgan fingerprint density at radius 3 is 2.31 bits per heavy atom. The van der Waals surface area contributed by atoms with E-state index < -0.39 is 11.6 Å². The maximum atomic E-state index is 14.3. The first kappa shape index (κ1) is 23.3. The molecule has 32 heavy (non-hydrogen) atoms. The van der Waals surface area contributed by atoms with Crippen LogP contribution >= 0.6 is 0 Å². The Balaban J connectivity index is 1.32. The molecule has 2 saturated carbocycles. The zero-order valence-electron chi connectivity index (χ0n) is 19.7. The molecule has 0 radical (unpaired) electrons. The zero-order valence-corrected chi connectivity index (χ0v) is 19.7. The van der Waals surface area contributed by atoms with Gasteiger partial charge in [0.2, 0.25) is 5.82 Å². The van der Waals surface area contributed by atoms with Gasteiger partial charge in [-0.15, -0.1) is 0 Å². The third-order valence-corrected chi connectivity index (χ3v) is 7.91. The van der Waals surface area contributed by atoms with Crippen LogP contribution in [0.5, 0.6) is 5.75 Å². The van der Waals surface area contributed by atoms with E-state index in [-0.39, 0.29) is 12.4 Å². The zero-order chi connectivity index (χ0) is 22.5. The molecule has 2 fully saturated rings. The van der Waals surface area contributed by atoms with Crippen LogP contribution in [0.4, 0.5) is 8.78 Å². The molecule has 2 aliphatic rings. The highest BCUT2D eigenvalue weighted by Crippen LogP contribution is 2.48. The summed E-state index contributed by atoms with van der Waals surface area (Å²) in [5.41, 5.74) is 2.82. The molecule has 2 aromatic carbocycles. The predicted molar refractivity (Wildman–Crippen MR) is 127 cm³/mol. The number of benzene rings is 2. The Hall–Kier alpha value is -1.90. The largest absolute Gasteiger partial charge is 0.486 e. The van der Waals surface area contributed by atoms with Crippen molar-refractivity contribution in [3.8, 4) is 5.75 Å². The lowest BCUT2D eigenvalue weighted by Crippen LogP contribution is -2.30. The summed E-state index contributed by atoms with van der Waals surface area (Å²) < 4.78 is 34.1. The van der Waals surface area contributed by atoms with Crippen molar-refractivity contribution >= 4 is 0 Å². The van der Waals surface area contributed by atoms with E-state index in [0.29, 0.717) is 17.9 Å². The van der Waals surface area contributed by atoms with Crippen molar-refractivity contribution in [1.82, 2.24) is 0 Å². The number of halogens is 2. The van der Waals surface area contributed by atoms with Gasteiger partial charge in [0, 0.05) is 0 Å². The highest BCUT2D eigenvalue weighted by Gasteiger charge is 2.35. The van der Waals surface area contributed by atoms with Gasteiger partial charge >= 0.3 is 0 Å². The normalized spacial score (nSPS) is 25.4. The average Bonchev–Trinajstić information content (AvgIpc) is 2.82. The predicted octanol–water partition coefficient (Wildman–Crippen LogP) is 8.60. The van der Waals surface area contributed by atoms with Gasteiger partial charge in [-0.3, -0.25) is 0 Å². The standard InChI is InChI=1S/C29H38F2O/c1-3-5-20-7-12-26-18-25(14-13-24(26)17-20)22-10-8-21(9-11-22)19-32-27-16-15-23(6-4-2)28(30)29(27)31/h8-11,15-16,20,24-26H,3-7,12-14,17-19H2,1-2H3. The highest BCUT2D eigenvalue weighted by molar-refractivity contribution is 5.32. The number of aryl methyl sites for hydroxylation is 1. The first-order chi connectivity index (χ1) is 15.6. The summed E-state index contributed by atoms with van der Waals surface area (Å²) in [6.45, 7) is 4.52. The number of hydrogen-bond acceptors (Lipinski definition) is 1. The van der Waals surface area contributed by atoms with Crippen LogP contribution in [-0.2, 0) is 13.0 Å². The number of ether oxygens (including phenoxy) is 1. The summed E-state index contributed by atoms with van der Waals surface area (Å²) in [5.74, 6) is 1.81. The van der Waals surface area contributed by atoms with Gasteiger partial charge in [0.25, 0.3) is 0 Å². The summed E-state index contributed by atoms with van der Waals surface area (Å²) in [6, 6.07) is 11.8. The van der Waals surface area contributed by atoms with Crippen molar-refractivity contribution in [3.63, 3.8) is 0 Å². The van der Waals surface area contributed by atoms with Gasteiger partial charge in [-0.05, 0) is 85.0 Å². The van der Waals surface area contributed by atoms with Gasteiger partial charge < -0.3 is 4.74 Å². The molecular weight excluding hydrogens is 402 g/mol. The Bertz CT molecular complexity index is 875. The van der Waals surface area contributed by atoms with Crippen LogP contribution < -0.4 is 4.74 Å². The highest BCUT2D eigenvalue weighted by atomic mass is 19.2. The molecule has 0 amide bonds. The second-order valence-corrected chi connectivity index (χ2v) is 10.1. The van der Waals surface area contributed by atoms with Crippen molar-refractivity contribution in [2.45, 2.75) is 90.6 Å². The van der Waals surface area contributed by atoms with E-state index in [1.54, 1.807) is 12.1 Å². The fourth-order valence-corrected chi connectivity index (χ4v) is 6.15. The molecule has 0 saturated heterocycles. The molecule has 4 unspecified atom stereocenters. The first-order valence-electron chi connectivity index (χ1n) is 12.8. The van der Waals surface area contributed by atoms with Crippen LogP contribution in [0, 0.1) is 29.4 Å².